The van der Waals surface area contributed by atoms with Crippen LogP contribution in [-0.4, -0.2) is 0 Å². The Labute approximate surface area is 522 Å². The van der Waals surface area contributed by atoms with Gasteiger partial charge in [0.1, 0.15) is 0 Å². The second-order valence-corrected chi connectivity index (χ2v) is 26.3. The summed E-state index contributed by atoms with van der Waals surface area (Å²) in [5, 5.41) is 15.4. The van der Waals surface area contributed by atoms with Crippen LogP contribution in [0.25, 0.3) is 86.9 Å². The molecule has 7 heteroatoms. The number of pyridine rings is 7. The number of aromatic nitrogens is 7. The molecule has 90 heavy (non-hydrogen) atoms. The van der Waals surface area contributed by atoms with E-state index in [1.54, 1.807) is 0 Å². The van der Waals surface area contributed by atoms with Crippen molar-refractivity contribution in [2.24, 2.45) is 0 Å². The van der Waals surface area contributed by atoms with Gasteiger partial charge in [-0.05, 0) is 87.5 Å². The first kappa shape index (κ1) is 51.2. The lowest BCUT2D eigenvalue weighted by molar-refractivity contribution is -0.823. The van der Waals surface area contributed by atoms with Crippen molar-refractivity contribution < 1.29 is 32.0 Å². The minimum absolute atomic E-state index is 0.527. The smallest absolute Gasteiger partial charge is 0.200 e. The highest BCUT2D eigenvalue weighted by Crippen LogP contribution is 2.38. The van der Waals surface area contributed by atoms with Gasteiger partial charge < -0.3 is 0 Å². The summed E-state index contributed by atoms with van der Waals surface area (Å²) in [5.41, 5.74) is 15.0. The van der Waals surface area contributed by atoms with Crippen molar-refractivity contribution in [3.05, 3.63) is 343 Å². The van der Waals surface area contributed by atoms with Crippen molar-refractivity contribution in [2.45, 2.75) is 63.1 Å². The van der Waals surface area contributed by atoms with Gasteiger partial charge in [0.25, 0.3) is 5.54 Å². The van der Waals surface area contributed by atoms with Gasteiger partial charge in [-0.15, -0.1) is 0 Å². The first-order chi connectivity index (χ1) is 44.3. The van der Waals surface area contributed by atoms with E-state index in [2.05, 4.69) is 325 Å². The van der Waals surface area contributed by atoms with Gasteiger partial charge in [0.2, 0.25) is 12.1 Å². The first-order valence-electron chi connectivity index (χ1n) is 31.8. The highest BCUT2D eigenvalue weighted by molar-refractivity contribution is 6.22. The summed E-state index contributed by atoms with van der Waals surface area (Å²) in [6, 6.07) is 80.0. The van der Waals surface area contributed by atoms with Crippen molar-refractivity contribution in [1.29, 1.82) is 0 Å². The largest absolute Gasteiger partial charge is 0.255 e. The van der Waals surface area contributed by atoms with E-state index in [1.807, 2.05) is 0 Å². The van der Waals surface area contributed by atoms with E-state index >= 15 is 0 Å². The molecule has 2 atom stereocenters. The molecule has 0 saturated heterocycles. The van der Waals surface area contributed by atoms with Crippen LogP contribution in [0.5, 0.6) is 0 Å². The molecule has 0 N–H and O–H groups in total. The van der Waals surface area contributed by atoms with E-state index in [9.17, 15) is 0 Å². The van der Waals surface area contributed by atoms with Gasteiger partial charge in [-0.1, -0.05) is 121 Å². The van der Waals surface area contributed by atoms with Gasteiger partial charge in [-0.3, -0.25) is 0 Å². The molecule has 16 aromatic rings. The molecule has 30 bridgehead atoms. The summed E-state index contributed by atoms with van der Waals surface area (Å²) in [6.45, 7) is 3.73. The standard InChI is InChI=1S/C83H64N7/c1-5-60-6-2-57(1)41-82-42-59-9-15-64(16-10-59)65-29-35-84(36-30-65)56-83(90-39-33-67(34-40-90)66-31-37-89(82)38-32-66,43-58-3-7-61(8-4-58)45-86-50-70-19-17-68-48-85(44-60)49-69-18-20-71(51-86)79(70)78(68)69)77-27-13-63(14-28-77)47-88-54-74-23-21-72-52-87(46-62-11-25-76(82)26-12-62)53-73-22-24-75(55-88)81(74)80(72)73/h1-40,48-55H,41-47,56H2/q+7. The second-order valence-electron chi connectivity index (χ2n) is 26.3. The monoisotopic (exact) mass is 1160 g/mol. The van der Waals surface area contributed by atoms with Crippen molar-refractivity contribution in [2.75, 3.05) is 0 Å². The fourth-order valence-corrected chi connectivity index (χ4v) is 16.1. The second kappa shape index (κ2) is 19.8. The average Bonchev–Trinajstić information content (AvgIpc) is 0.848. The zero-order valence-corrected chi connectivity index (χ0v) is 50.0. The molecule has 9 aromatic carbocycles. The third kappa shape index (κ3) is 8.51. The van der Waals surface area contributed by atoms with Crippen LogP contribution in [-0.2, 0) is 63.1 Å². The van der Waals surface area contributed by atoms with E-state index in [0.29, 0.717) is 6.54 Å². The minimum atomic E-state index is -0.561. The summed E-state index contributed by atoms with van der Waals surface area (Å²) < 4.78 is 16.9. The molecule has 0 radical (unpaired) electrons. The maximum Gasteiger partial charge on any atom is 0.255 e. The Bertz CT molecular complexity index is 5000. The van der Waals surface area contributed by atoms with Crippen LogP contribution < -0.4 is 32.0 Å². The molecule has 2 unspecified atom stereocenters. The predicted octanol–water partition coefficient (Wildman–Crippen LogP) is 12.9. The van der Waals surface area contributed by atoms with Crippen molar-refractivity contribution in [3.8, 4) is 22.3 Å². The molecular weight excluding hydrogens is 1090 g/mol. The fraction of sp³-hybridized carbons (Fsp3) is 0.120. The van der Waals surface area contributed by atoms with E-state index in [-0.39, 0.29) is 0 Å². The molecule has 0 fully saturated rings. The van der Waals surface area contributed by atoms with Crippen LogP contribution in [0, 0.1) is 0 Å². The molecule has 7 aromatic heterocycles. The lowest BCUT2D eigenvalue weighted by atomic mass is 9.77. The molecule has 0 aliphatic carbocycles. The Hall–Kier alpha value is -10.9. The van der Waals surface area contributed by atoms with Crippen LogP contribution in [0.2, 0.25) is 0 Å². The number of benzene rings is 9. The molecule has 424 valence electrons. The number of hydrogen-bond donors (Lipinski definition) is 0. The molecule has 0 spiro atoms. The van der Waals surface area contributed by atoms with Gasteiger partial charge in [-0.25, -0.2) is 0 Å². The summed E-state index contributed by atoms with van der Waals surface area (Å²) in [5.74, 6) is 0. The van der Waals surface area contributed by atoms with Gasteiger partial charge >= 0.3 is 0 Å². The molecule has 0 saturated carbocycles. The summed E-state index contributed by atoms with van der Waals surface area (Å²) in [6.07, 6.45) is 35.0. The SMILES string of the molecule is c1cc2ccc1C[n+]1cc3ccc4c[n+](cc5ccc(c1)c3c45)Cc1ccc(cc1)CC13C[n+]4ccc(cc4)-c4ccc(cc4)CC(C2)(c2ccc(cc2)C[n+]2cc4ccc5c[n+](cc6ccc(c2)c4c56)Cc2ccc1cc2)[n+]1ccc(cc1)-c1cc[n+]3cc1. The lowest BCUT2D eigenvalue weighted by Gasteiger charge is -2.30. The molecule has 0 amide bonds. The minimum Gasteiger partial charge on any atom is -0.200 e. The van der Waals surface area contributed by atoms with E-state index in [1.165, 1.54) is 137 Å². The zero-order valence-electron chi connectivity index (χ0n) is 50.0. The summed E-state index contributed by atoms with van der Waals surface area (Å²) >= 11 is 0. The highest BCUT2D eigenvalue weighted by atomic mass is 15.1. The topological polar surface area (TPSA) is 27.2 Å². The third-order valence-corrected chi connectivity index (χ3v) is 20.6. The van der Waals surface area contributed by atoms with Gasteiger partial charge in [0.05, 0.1) is 0 Å². The van der Waals surface area contributed by atoms with Crippen LogP contribution in [0.4, 0.5) is 0 Å². The van der Waals surface area contributed by atoms with Crippen molar-refractivity contribution in [3.63, 3.8) is 0 Å². The summed E-state index contributed by atoms with van der Waals surface area (Å²) in [7, 11) is 0. The molecule has 7 nitrogen and oxygen atoms in total. The first-order valence-corrected chi connectivity index (χ1v) is 31.8. The summed E-state index contributed by atoms with van der Waals surface area (Å²) in [4.78, 5) is 0. The van der Waals surface area contributed by atoms with Crippen LogP contribution >= 0.6 is 0 Å². The normalized spacial score (nSPS) is 17.1. The Balaban J connectivity index is 0.859. The van der Waals surface area contributed by atoms with Gasteiger partial charge in [0, 0.05) is 154 Å². The van der Waals surface area contributed by atoms with E-state index in [0.717, 1.165) is 45.4 Å². The Morgan fingerprint density at radius 1 is 0.211 bits per heavy atom. The third-order valence-electron chi connectivity index (χ3n) is 20.6. The van der Waals surface area contributed by atoms with Crippen LogP contribution in [0.3, 0.4) is 0 Å². The van der Waals surface area contributed by atoms with Crippen LogP contribution in [0.1, 0.15) is 50.1 Å². The molecule has 32 heterocycles. The molecule has 25 aliphatic rings. The van der Waals surface area contributed by atoms with Crippen LogP contribution in [0.15, 0.2) is 293 Å². The number of hydrogen-bond acceptors (Lipinski definition) is 0. The molecular formula is C83H64N7+7. The van der Waals surface area contributed by atoms with Gasteiger partial charge in [0.15, 0.2) is 113 Å². The quantitative estimate of drug-likeness (QED) is 0.107. The Morgan fingerprint density at radius 2 is 0.456 bits per heavy atom. The maximum absolute atomic E-state index is 2.52. The Kier molecular flexibility index (Phi) is 11.3. The van der Waals surface area contributed by atoms with E-state index < -0.39 is 11.1 Å². The fourth-order valence-electron chi connectivity index (χ4n) is 16.1. The average molecular weight is 1160 g/mol. The molecule has 41 rings (SSSR count). The highest BCUT2D eigenvalue weighted by Gasteiger charge is 2.47. The number of rotatable bonds is 0. The number of nitrogens with zero attached hydrogens (tertiary/aromatic N) is 7. The van der Waals surface area contributed by atoms with Gasteiger partial charge in [-0.2, -0.15) is 32.0 Å². The molecule has 25 aliphatic heterocycles. The maximum atomic E-state index is 2.52. The Morgan fingerprint density at radius 3 is 0.789 bits per heavy atom. The van der Waals surface area contributed by atoms with Crippen molar-refractivity contribution >= 4 is 64.6 Å². The van der Waals surface area contributed by atoms with Crippen molar-refractivity contribution in [1.82, 2.24) is 0 Å². The lowest BCUT2D eigenvalue weighted by Crippen LogP contribution is -2.64. The van der Waals surface area contributed by atoms with E-state index in [4.69, 9.17) is 0 Å². The zero-order chi connectivity index (χ0) is 59.1. The predicted molar refractivity (Wildman–Crippen MR) is 353 cm³/mol.